The van der Waals surface area contributed by atoms with Crippen molar-refractivity contribution in [2.75, 3.05) is 13.7 Å². The van der Waals surface area contributed by atoms with E-state index in [1.165, 1.54) is 28.6 Å². The van der Waals surface area contributed by atoms with Crippen molar-refractivity contribution in [2.24, 2.45) is 0 Å². The summed E-state index contributed by atoms with van der Waals surface area (Å²) in [6.45, 7) is 0.541. The van der Waals surface area contributed by atoms with Gasteiger partial charge in [-0.25, -0.2) is 8.42 Å². The number of benzene rings is 3. The van der Waals surface area contributed by atoms with Gasteiger partial charge in [0, 0.05) is 23.7 Å². The number of sulfonamides is 1. The largest absolute Gasteiger partial charge is 0.496 e. The van der Waals surface area contributed by atoms with Crippen LogP contribution in [0.5, 0.6) is 5.75 Å². The van der Waals surface area contributed by atoms with Crippen LogP contribution < -0.4 is 10.1 Å². The van der Waals surface area contributed by atoms with Gasteiger partial charge in [0.15, 0.2) is 0 Å². The van der Waals surface area contributed by atoms with Gasteiger partial charge in [0.1, 0.15) is 11.8 Å². The maximum absolute atomic E-state index is 13.7. The minimum Gasteiger partial charge on any atom is -0.496 e. The first kappa shape index (κ1) is 26.9. The lowest BCUT2D eigenvalue weighted by Crippen LogP contribution is -2.48. The Morgan fingerprint density at radius 1 is 1.00 bits per heavy atom. The summed E-state index contributed by atoms with van der Waals surface area (Å²) in [5.74, 6) is 0.964. The molecule has 0 saturated carbocycles. The third-order valence-electron chi connectivity index (χ3n) is 6.58. The molecule has 11 heteroatoms. The predicted molar refractivity (Wildman–Crippen MR) is 147 cm³/mol. The molecule has 1 aliphatic rings. The van der Waals surface area contributed by atoms with Crippen LogP contribution >= 0.6 is 11.6 Å². The third kappa shape index (κ3) is 5.83. The molecule has 0 spiro atoms. The number of ether oxygens (including phenoxy) is 1. The molecule has 39 heavy (non-hydrogen) atoms. The molecule has 9 nitrogen and oxygen atoms in total. The normalized spacial score (nSPS) is 16.1. The number of amides is 1. The van der Waals surface area contributed by atoms with Crippen molar-refractivity contribution in [3.05, 3.63) is 83.4 Å². The summed E-state index contributed by atoms with van der Waals surface area (Å²) in [7, 11) is -2.43. The maximum Gasteiger partial charge on any atom is 0.251 e. The Kier molecular flexibility index (Phi) is 7.97. The van der Waals surface area contributed by atoms with E-state index in [1.54, 1.807) is 31.4 Å². The highest BCUT2D eigenvalue weighted by molar-refractivity contribution is 7.89. The van der Waals surface area contributed by atoms with Crippen LogP contribution in [0.25, 0.3) is 22.9 Å². The summed E-state index contributed by atoms with van der Waals surface area (Å²) in [5, 5.41) is 11.6. The number of methoxy groups -OCH3 is 1. The van der Waals surface area contributed by atoms with E-state index < -0.39 is 16.1 Å². The van der Waals surface area contributed by atoms with Gasteiger partial charge in [-0.05, 0) is 73.4 Å². The van der Waals surface area contributed by atoms with Gasteiger partial charge >= 0.3 is 0 Å². The molecule has 1 amide bonds. The molecule has 3 aromatic carbocycles. The van der Waals surface area contributed by atoms with Crippen LogP contribution in [-0.4, -0.2) is 48.5 Å². The summed E-state index contributed by atoms with van der Waals surface area (Å²) in [6, 6.07) is 19.7. The van der Waals surface area contributed by atoms with Gasteiger partial charge in [-0.2, -0.15) is 4.31 Å². The van der Waals surface area contributed by atoms with Crippen LogP contribution in [0.15, 0.2) is 82.1 Å². The zero-order chi connectivity index (χ0) is 27.4. The SMILES string of the molecule is COc1ccccc1-c1nnc(-c2ccc(CN([C@@H]3CCCCNC3=O)S(=O)(=O)c3ccc(Cl)cc3)cc2)o1. The third-order valence-corrected chi connectivity index (χ3v) is 8.70. The summed E-state index contributed by atoms with van der Waals surface area (Å²) in [5.41, 5.74) is 2.06. The minimum absolute atomic E-state index is 0.0135. The number of carbonyl (C=O) groups is 1. The molecule has 1 saturated heterocycles. The van der Waals surface area contributed by atoms with Gasteiger partial charge in [0.25, 0.3) is 5.89 Å². The monoisotopic (exact) mass is 566 g/mol. The standard InChI is InChI=1S/C28H27ClN4O5S/c1-37-25-8-3-2-6-23(25)28-32-31-27(38-28)20-11-9-19(10-12-20)18-33(24-7-4-5-17-30-26(24)34)39(35,36)22-15-13-21(29)14-16-22/h2-3,6,8-16,24H,4-5,7,17-18H2,1H3,(H,30,34)/t24-/m1/s1. The van der Waals surface area contributed by atoms with E-state index >= 15 is 0 Å². The highest BCUT2D eigenvalue weighted by Gasteiger charge is 2.36. The predicted octanol–water partition coefficient (Wildman–Crippen LogP) is 4.93. The van der Waals surface area contributed by atoms with Gasteiger partial charge < -0.3 is 14.5 Å². The number of aromatic nitrogens is 2. The van der Waals surface area contributed by atoms with Gasteiger partial charge in [0.05, 0.1) is 17.6 Å². The molecule has 0 radical (unpaired) electrons. The van der Waals surface area contributed by atoms with Crippen molar-refractivity contribution in [3.63, 3.8) is 0 Å². The van der Waals surface area contributed by atoms with Gasteiger partial charge in [0.2, 0.25) is 21.8 Å². The molecule has 0 aliphatic carbocycles. The molecule has 1 aliphatic heterocycles. The second-order valence-electron chi connectivity index (χ2n) is 9.12. The molecule has 4 aromatic rings. The average Bonchev–Trinajstić information content (AvgIpc) is 3.35. The van der Waals surface area contributed by atoms with E-state index in [0.29, 0.717) is 52.2 Å². The molecule has 0 bridgehead atoms. The maximum atomic E-state index is 13.7. The number of hydrogen-bond donors (Lipinski definition) is 1. The molecule has 1 aromatic heterocycles. The Bertz CT molecular complexity index is 1560. The number of nitrogens with zero attached hydrogens (tertiary/aromatic N) is 3. The summed E-state index contributed by atoms with van der Waals surface area (Å²) in [4.78, 5) is 13.0. The first-order valence-corrected chi connectivity index (χ1v) is 14.3. The van der Waals surface area contributed by atoms with Crippen LogP contribution in [0.2, 0.25) is 5.02 Å². The quantitative estimate of drug-likeness (QED) is 0.322. The Morgan fingerprint density at radius 3 is 2.46 bits per heavy atom. The molecule has 1 N–H and O–H groups in total. The van der Waals surface area contributed by atoms with Crippen LogP contribution in [-0.2, 0) is 21.4 Å². The molecule has 2 heterocycles. The molecule has 1 fully saturated rings. The van der Waals surface area contributed by atoms with E-state index in [9.17, 15) is 13.2 Å². The Balaban J connectivity index is 1.43. The van der Waals surface area contributed by atoms with E-state index in [-0.39, 0.29) is 17.3 Å². The fourth-order valence-corrected chi connectivity index (χ4v) is 6.24. The van der Waals surface area contributed by atoms with Crippen molar-refractivity contribution >= 4 is 27.5 Å². The Morgan fingerprint density at radius 2 is 1.72 bits per heavy atom. The number of halogens is 1. The smallest absolute Gasteiger partial charge is 0.251 e. The van der Waals surface area contributed by atoms with Crippen molar-refractivity contribution in [2.45, 2.75) is 36.7 Å². The molecule has 1 atom stereocenters. The van der Waals surface area contributed by atoms with E-state index in [2.05, 4.69) is 15.5 Å². The molecule has 5 rings (SSSR count). The zero-order valence-corrected chi connectivity index (χ0v) is 22.8. The number of hydrogen-bond acceptors (Lipinski definition) is 7. The molecular weight excluding hydrogens is 540 g/mol. The molecule has 0 unspecified atom stereocenters. The Hall–Kier alpha value is -3.73. The summed E-state index contributed by atoms with van der Waals surface area (Å²) in [6.07, 6.45) is 1.97. The fourth-order valence-electron chi connectivity index (χ4n) is 4.51. The van der Waals surface area contributed by atoms with Crippen LogP contribution in [0.4, 0.5) is 0 Å². The number of carbonyl (C=O) groups excluding carboxylic acids is 1. The summed E-state index contributed by atoms with van der Waals surface area (Å²) < 4.78 is 40.0. The lowest BCUT2D eigenvalue weighted by molar-refractivity contribution is -0.124. The Labute approximate surface area is 231 Å². The van der Waals surface area contributed by atoms with Crippen molar-refractivity contribution in [3.8, 4) is 28.7 Å². The van der Waals surface area contributed by atoms with E-state index in [0.717, 1.165) is 12.8 Å². The van der Waals surface area contributed by atoms with E-state index in [1.807, 2.05) is 24.3 Å². The number of nitrogens with one attached hydrogen (secondary N) is 1. The first-order valence-electron chi connectivity index (χ1n) is 12.5. The number of rotatable bonds is 8. The van der Waals surface area contributed by atoms with Crippen LogP contribution in [0.1, 0.15) is 24.8 Å². The highest BCUT2D eigenvalue weighted by atomic mass is 35.5. The van der Waals surface area contributed by atoms with Gasteiger partial charge in [-0.15, -0.1) is 10.2 Å². The van der Waals surface area contributed by atoms with Crippen molar-refractivity contribution in [1.29, 1.82) is 0 Å². The average molecular weight is 567 g/mol. The van der Waals surface area contributed by atoms with Crippen LogP contribution in [0.3, 0.4) is 0 Å². The zero-order valence-electron chi connectivity index (χ0n) is 21.2. The fraction of sp³-hybridized carbons (Fsp3) is 0.250. The topological polar surface area (TPSA) is 115 Å². The lowest BCUT2D eigenvalue weighted by Gasteiger charge is -2.29. The van der Waals surface area contributed by atoms with E-state index in [4.69, 9.17) is 20.8 Å². The summed E-state index contributed by atoms with van der Waals surface area (Å²) >= 11 is 5.99. The second kappa shape index (κ2) is 11.6. The molecular formula is C28H27ClN4O5S. The van der Waals surface area contributed by atoms with Crippen molar-refractivity contribution < 1.29 is 22.4 Å². The number of para-hydroxylation sites is 1. The van der Waals surface area contributed by atoms with Gasteiger partial charge in [-0.1, -0.05) is 35.9 Å². The minimum atomic E-state index is -4.00. The van der Waals surface area contributed by atoms with Gasteiger partial charge in [-0.3, -0.25) is 4.79 Å². The highest BCUT2D eigenvalue weighted by Crippen LogP contribution is 2.31. The van der Waals surface area contributed by atoms with Crippen molar-refractivity contribution in [1.82, 2.24) is 19.8 Å². The van der Waals surface area contributed by atoms with Crippen LogP contribution in [0, 0.1) is 0 Å². The lowest BCUT2D eigenvalue weighted by atomic mass is 10.1. The first-order chi connectivity index (χ1) is 18.9. The molecule has 202 valence electrons. The second-order valence-corrected chi connectivity index (χ2v) is 11.4.